The van der Waals surface area contributed by atoms with E-state index in [0.29, 0.717) is 0 Å². The van der Waals surface area contributed by atoms with E-state index in [1.807, 2.05) is 0 Å². The summed E-state index contributed by atoms with van der Waals surface area (Å²) < 4.78 is 42.5. The summed E-state index contributed by atoms with van der Waals surface area (Å²) in [6.45, 7) is -3.53. The van der Waals surface area contributed by atoms with E-state index in [4.69, 9.17) is 4.74 Å². The predicted octanol–water partition coefficient (Wildman–Crippen LogP) is -1.54. The molecule has 1 unspecified atom stereocenters. The number of carbonyl (C=O) groups excluding carboxylic acids is 1. The molecule has 0 saturated carbocycles. The number of carbonyl (C=O) groups is 1. The van der Waals surface area contributed by atoms with Crippen molar-refractivity contribution < 1.29 is 73.9 Å². The van der Waals surface area contributed by atoms with Gasteiger partial charge in [-0.1, -0.05) is 12.1 Å². The molecule has 8 heteroatoms. The molecule has 17 heavy (non-hydrogen) atoms. The van der Waals surface area contributed by atoms with Crippen molar-refractivity contribution in [3.8, 4) is 5.75 Å². The van der Waals surface area contributed by atoms with Crippen LogP contribution in [0.1, 0.15) is 6.92 Å². The molecule has 2 rings (SSSR count). The van der Waals surface area contributed by atoms with E-state index in [1.54, 1.807) is 0 Å². The molecule has 3 nitrogen and oxygen atoms in total. The van der Waals surface area contributed by atoms with Gasteiger partial charge in [0.25, 0.3) is 5.91 Å². The van der Waals surface area contributed by atoms with Crippen LogP contribution in [0.3, 0.4) is 0 Å². The van der Waals surface area contributed by atoms with Gasteiger partial charge in [-0.05, 0) is 13.0 Å². The molecular weight excluding hydrogens is 261 g/mol. The minimum absolute atomic E-state index is 0. The van der Waals surface area contributed by atoms with Gasteiger partial charge in [-0.3, -0.25) is 4.79 Å². The van der Waals surface area contributed by atoms with Gasteiger partial charge in [0.15, 0.2) is 6.10 Å². The Morgan fingerprint density at radius 3 is 2.59 bits per heavy atom. The van der Waals surface area contributed by atoms with Crippen molar-refractivity contribution in [2.45, 2.75) is 13.0 Å². The van der Waals surface area contributed by atoms with Crippen LogP contribution in [0, 0.1) is 0 Å². The largest absolute Gasteiger partial charge is 1.00 e. The normalized spacial score (nSPS) is 18.6. The van der Waals surface area contributed by atoms with E-state index in [0.717, 1.165) is 12.1 Å². The van der Waals surface area contributed by atoms with Gasteiger partial charge in [-0.25, -0.2) is 0 Å². The molecule has 1 aromatic rings. The third kappa shape index (κ3) is 3.25. The number of fused-ring (bicyclic) bond motifs is 1. The number of hydrogen-bond acceptors (Lipinski definition) is 2. The van der Waals surface area contributed by atoms with Gasteiger partial charge in [-0.15, -0.1) is 5.46 Å². The van der Waals surface area contributed by atoms with Gasteiger partial charge < -0.3 is 23.0 Å². The van der Waals surface area contributed by atoms with Gasteiger partial charge >= 0.3 is 58.4 Å². The fourth-order valence-corrected chi connectivity index (χ4v) is 1.43. The van der Waals surface area contributed by atoms with Gasteiger partial charge in [0.2, 0.25) is 0 Å². The molecule has 86 valence electrons. The van der Waals surface area contributed by atoms with Crippen molar-refractivity contribution in [2.24, 2.45) is 0 Å². The number of ether oxygens (including phenoxy) is 1. The van der Waals surface area contributed by atoms with Crippen LogP contribution < -0.4 is 66.9 Å². The molecule has 1 N–H and O–H groups in total. The minimum atomic E-state index is -5.06. The third-order valence-electron chi connectivity index (χ3n) is 2.31. The van der Waals surface area contributed by atoms with Gasteiger partial charge in [0.05, 0.1) is 5.69 Å². The van der Waals surface area contributed by atoms with Crippen LogP contribution in [0.15, 0.2) is 18.2 Å². The van der Waals surface area contributed by atoms with E-state index in [-0.39, 0.29) is 62.8 Å². The summed E-state index contributed by atoms with van der Waals surface area (Å²) in [5.41, 5.74) is -0.683. The molecule has 1 aromatic carbocycles. The van der Waals surface area contributed by atoms with E-state index in [2.05, 4.69) is 5.32 Å². The second kappa shape index (κ2) is 5.31. The maximum atomic E-state index is 12.4. The standard InChI is InChI=1S/C9H8BF3NO2.K/c1-5-9(15)14-7-4-6(10(11,12)13)2-3-8(7)16-5;/h2-5H,1H3,(H,14,15);/q-1;+1. The van der Waals surface area contributed by atoms with Crippen molar-refractivity contribution in [1.29, 1.82) is 0 Å². The zero-order chi connectivity index (χ0) is 11.9. The van der Waals surface area contributed by atoms with Crippen LogP contribution in [0.2, 0.25) is 0 Å². The average molecular weight is 269 g/mol. The molecule has 1 atom stereocenters. The Balaban J connectivity index is 0.00000144. The topological polar surface area (TPSA) is 38.3 Å². The first-order valence-corrected chi connectivity index (χ1v) is 4.69. The SMILES string of the molecule is CC1Oc2ccc([B-](F)(F)F)cc2NC1=O.[K+]. The van der Waals surface area contributed by atoms with Crippen molar-refractivity contribution in [3.63, 3.8) is 0 Å². The molecule has 0 aromatic heterocycles. The summed E-state index contributed by atoms with van der Waals surface area (Å²) in [4.78, 5) is 11.2. The number of rotatable bonds is 1. The number of benzene rings is 1. The van der Waals surface area contributed by atoms with Crippen LogP contribution >= 0.6 is 0 Å². The first-order chi connectivity index (χ1) is 7.38. The van der Waals surface area contributed by atoms with E-state index < -0.39 is 24.5 Å². The molecule has 0 fully saturated rings. The van der Waals surface area contributed by atoms with Crippen LogP contribution in [0.4, 0.5) is 18.6 Å². The Morgan fingerprint density at radius 2 is 2.00 bits per heavy atom. The van der Waals surface area contributed by atoms with Gasteiger partial charge in [0, 0.05) is 0 Å². The van der Waals surface area contributed by atoms with Crippen molar-refractivity contribution in [2.75, 3.05) is 5.32 Å². The maximum absolute atomic E-state index is 12.4. The third-order valence-corrected chi connectivity index (χ3v) is 2.31. The average Bonchev–Trinajstić information content (AvgIpc) is 2.17. The summed E-state index contributed by atoms with van der Waals surface area (Å²) in [7, 11) is 0. The molecule has 1 aliphatic heterocycles. The number of hydrogen-bond donors (Lipinski definition) is 1. The number of amides is 1. The fourth-order valence-electron chi connectivity index (χ4n) is 1.43. The summed E-state index contributed by atoms with van der Waals surface area (Å²) in [5, 5.41) is 2.37. The van der Waals surface area contributed by atoms with E-state index >= 15 is 0 Å². The molecule has 0 aliphatic carbocycles. The number of nitrogens with one attached hydrogen (secondary N) is 1. The molecule has 0 radical (unpaired) electrons. The van der Waals surface area contributed by atoms with Crippen molar-refractivity contribution >= 4 is 24.0 Å². The molecule has 1 amide bonds. The zero-order valence-corrected chi connectivity index (χ0v) is 12.5. The first-order valence-electron chi connectivity index (χ1n) is 4.69. The predicted molar refractivity (Wildman–Crippen MR) is 53.9 cm³/mol. The Kier molecular flexibility index (Phi) is 4.70. The Labute approximate surface area is 139 Å². The maximum Gasteiger partial charge on any atom is 1.00 e. The second-order valence-electron chi connectivity index (χ2n) is 3.58. The van der Waals surface area contributed by atoms with Crippen LogP contribution in [-0.4, -0.2) is 19.0 Å². The zero-order valence-electron chi connectivity index (χ0n) is 9.34. The van der Waals surface area contributed by atoms with Crippen LogP contribution in [-0.2, 0) is 4.79 Å². The van der Waals surface area contributed by atoms with Crippen molar-refractivity contribution in [1.82, 2.24) is 0 Å². The quantitative estimate of drug-likeness (QED) is 0.628. The van der Waals surface area contributed by atoms with Gasteiger partial charge in [-0.2, -0.15) is 0 Å². The molecule has 1 heterocycles. The Morgan fingerprint density at radius 1 is 1.35 bits per heavy atom. The summed E-state index contributed by atoms with van der Waals surface area (Å²) >= 11 is 0. The summed E-state index contributed by atoms with van der Waals surface area (Å²) in [5.74, 6) is -0.185. The van der Waals surface area contributed by atoms with E-state index in [9.17, 15) is 17.7 Å². The molecule has 0 bridgehead atoms. The summed E-state index contributed by atoms with van der Waals surface area (Å²) in [6.07, 6.45) is -0.685. The Hall–Kier alpha value is -0.0187. The number of halogens is 3. The minimum Gasteiger partial charge on any atom is -0.479 e. The molecular formula is C9H8BF3KNO2. The molecule has 0 saturated heterocycles. The van der Waals surface area contributed by atoms with Crippen LogP contribution in [0.25, 0.3) is 0 Å². The summed E-state index contributed by atoms with van der Waals surface area (Å²) in [6, 6.07) is 3.05. The molecule has 0 spiro atoms. The van der Waals surface area contributed by atoms with Gasteiger partial charge in [0.1, 0.15) is 5.75 Å². The molecule has 1 aliphatic rings. The fraction of sp³-hybridized carbons (Fsp3) is 0.222. The number of anilines is 1. The van der Waals surface area contributed by atoms with E-state index in [1.165, 1.54) is 13.0 Å². The van der Waals surface area contributed by atoms with Crippen LogP contribution in [0.5, 0.6) is 5.75 Å². The Bertz CT molecular complexity index is 452. The monoisotopic (exact) mass is 269 g/mol. The van der Waals surface area contributed by atoms with Crippen molar-refractivity contribution in [3.05, 3.63) is 18.2 Å². The smallest absolute Gasteiger partial charge is 0.479 e. The first kappa shape index (κ1) is 15.0. The second-order valence-corrected chi connectivity index (χ2v) is 3.58.